The predicted molar refractivity (Wildman–Crippen MR) is 149 cm³/mol. The van der Waals surface area contributed by atoms with E-state index in [4.69, 9.17) is 4.74 Å². The van der Waals surface area contributed by atoms with Crippen LogP contribution in [0.4, 0.5) is 11.4 Å². The number of benzene rings is 3. The third-order valence-electron chi connectivity index (χ3n) is 5.37. The standard InChI is InChI=1S/C28H29N3O3S2/c1-2-3-17-34-23-13-10-21(11-14-23)29-27(33)19-35-28-31-24-15-12-22(18-25(24)36-28)30-26(32)16-9-20-7-5-4-6-8-20/h4-8,10-15,18H,2-3,9,16-17,19H2,1H3,(H,29,33)(H,30,32). The number of nitrogens with one attached hydrogen (secondary N) is 2. The molecule has 186 valence electrons. The lowest BCUT2D eigenvalue weighted by Crippen LogP contribution is -2.13. The highest BCUT2D eigenvalue weighted by molar-refractivity contribution is 8.01. The third kappa shape index (κ3) is 7.83. The Morgan fingerprint density at radius 1 is 0.944 bits per heavy atom. The molecule has 0 bridgehead atoms. The van der Waals surface area contributed by atoms with Crippen molar-refractivity contribution in [1.82, 2.24) is 4.98 Å². The molecule has 0 spiro atoms. The second-order valence-corrected chi connectivity index (χ2v) is 10.5. The van der Waals surface area contributed by atoms with Gasteiger partial charge in [-0.1, -0.05) is 55.4 Å². The van der Waals surface area contributed by atoms with Gasteiger partial charge < -0.3 is 15.4 Å². The number of hydrogen-bond donors (Lipinski definition) is 2. The van der Waals surface area contributed by atoms with E-state index in [0.29, 0.717) is 19.4 Å². The fourth-order valence-electron chi connectivity index (χ4n) is 3.46. The average Bonchev–Trinajstić information content (AvgIpc) is 3.30. The van der Waals surface area contributed by atoms with Gasteiger partial charge in [0.25, 0.3) is 0 Å². The number of carbonyl (C=O) groups is 2. The second kappa shape index (κ2) is 13.1. The summed E-state index contributed by atoms with van der Waals surface area (Å²) in [5.41, 5.74) is 3.48. The van der Waals surface area contributed by atoms with Crippen molar-refractivity contribution in [3.63, 3.8) is 0 Å². The molecule has 0 aliphatic rings. The number of unbranched alkanes of at least 4 members (excludes halogenated alkanes) is 1. The first kappa shape index (κ1) is 25.7. The number of carbonyl (C=O) groups excluding carboxylic acids is 2. The zero-order valence-corrected chi connectivity index (χ0v) is 21.8. The summed E-state index contributed by atoms with van der Waals surface area (Å²) in [5.74, 6) is 0.953. The molecule has 0 radical (unpaired) electrons. The van der Waals surface area contributed by atoms with Gasteiger partial charge in [0.1, 0.15) is 5.75 Å². The number of thioether (sulfide) groups is 1. The molecule has 3 aromatic carbocycles. The van der Waals surface area contributed by atoms with Gasteiger partial charge in [-0.15, -0.1) is 11.3 Å². The quantitative estimate of drug-likeness (QED) is 0.159. The molecule has 8 heteroatoms. The van der Waals surface area contributed by atoms with Gasteiger partial charge in [0, 0.05) is 17.8 Å². The fourth-order valence-corrected chi connectivity index (χ4v) is 5.37. The number of nitrogens with zero attached hydrogens (tertiary/aromatic N) is 1. The number of fused-ring (bicyclic) bond motifs is 1. The van der Waals surface area contributed by atoms with E-state index in [1.165, 1.54) is 23.1 Å². The monoisotopic (exact) mass is 519 g/mol. The van der Waals surface area contributed by atoms with E-state index in [0.717, 1.165) is 50.1 Å². The Labute approximate surface area is 219 Å². The fraction of sp³-hybridized carbons (Fsp3) is 0.250. The molecule has 0 atom stereocenters. The van der Waals surface area contributed by atoms with Crippen LogP contribution in [0.15, 0.2) is 77.1 Å². The van der Waals surface area contributed by atoms with Gasteiger partial charge >= 0.3 is 0 Å². The van der Waals surface area contributed by atoms with Crippen LogP contribution < -0.4 is 15.4 Å². The maximum Gasteiger partial charge on any atom is 0.234 e. The van der Waals surface area contributed by atoms with Gasteiger partial charge in [0.2, 0.25) is 11.8 Å². The first-order valence-corrected chi connectivity index (χ1v) is 13.8. The van der Waals surface area contributed by atoms with Crippen molar-refractivity contribution < 1.29 is 14.3 Å². The van der Waals surface area contributed by atoms with Crippen molar-refractivity contribution in [3.8, 4) is 5.75 Å². The SMILES string of the molecule is CCCCOc1ccc(NC(=O)CSc2nc3ccc(NC(=O)CCc4ccccc4)cc3s2)cc1. The Balaban J connectivity index is 1.25. The topological polar surface area (TPSA) is 80.3 Å². The highest BCUT2D eigenvalue weighted by Gasteiger charge is 2.10. The van der Waals surface area contributed by atoms with E-state index in [1.54, 1.807) is 0 Å². The zero-order chi connectivity index (χ0) is 25.2. The number of anilines is 2. The molecule has 4 rings (SSSR count). The Morgan fingerprint density at radius 3 is 2.47 bits per heavy atom. The van der Waals surface area contributed by atoms with Crippen molar-refractivity contribution in [2.45, 2.75) is 36.9 Å². The number of aromatic nitrogens is 1. The van der Waals surface area contributed by atoms with Gasteiger partial charge in [-0.25, -0.2) is 4.98 Å². The van der Waals surface area contributed by atoms with Crippen LogP contribution in [0.2, 0.25) is 0 Å². The molecular formula is C28H29N3O3S2. The number of hydrogen-bond acceptors (Lipinski definition) is 6. The molecule has 1 aromatic heterocycles. The molecule has 2 N–H and O–H groups in total. The normalized spacial score (nSPS) is 10.8. The Hall–Kier alpha value is -3.36. The van der Waals surface area contributed by atoms with Gasteiger partial charge in [-0.2, -0.15) is 0 Å². The summed E-state index contributed by atoms with van der Waals surface area (Å²) >= 11 is 2.91. The van der Waals surface area contributed by atoms with Crippen LogP contribution >= 0.6 is 23.1 Å². The van der Waals surface area contributed by atoms with Crippen LogP contribution in [-0.2, 0) is 16.0 Å². The van der Waals surface area contributed by atoms with Crippen LogP contribution in [0, 0.1) is 0 Å². The summed E-state index contributed by atoms with van der Waals surface area (Å²) in [6, 6.07) is 23.1. The number of thiazole rings is 1. The summed E-state index contributed by atoms with van der Waals surface area (Å²) in [5, 5.41) is 5.88. The molecule has 0 saturated carbocycles. The van der Waals surface area contributed by atoms with E-state index in [2.05, 4.69) is 22.5 Å². The van der Waals surface area contributed by atoms with Gasteiger partial charge in [-0.3, -0.25) is 9.59 Å². The lowest BCUT2D eigenvalue weighted by Gasteiger charge is -2.07. The summed E-state index contributed by atoms with van der Waals surface area (Å²) in [6.45, 7) is 2.82. The van der Waals surface area contributed by atoms with Gasteiger partial charge in [0.05, 0.1) is 22.6 Å². The molecule has 4 aromatic rings. The Morgan fingerprint density at radius 2 is 1.69 bits per heavy atom. The molecular weight excluding hydrogens is 490 g/mol. The predicted octanol–water partition coefficient (Wildman–Crippen LogP) is 6.78. The van der Waals surface area contributed by atoms with Crippen molar-refractivity contribution >= 4 is 56.5 Å². The van der Waals surface area contributed by atoms with Gasteiger partial charge in [-0.05, 0) is 60.9 Å². The number of rotatable bonds is 12. The minimum atomic E-state index is -0.0923. The van der Waals surface area contributed by atoms with E-state index < -0.39 is 0 Å². The number of aryl methyl sites for hydroxylation is 1. The lowest BCUT2D eigenvalue weighted by molar-refractivity contribution is -0.116. The van der Waals surface area contributed by atoms with Crippen molar-refractivity contribution in [1.29, 1.82) is 0 Å². The third-order valence-corrected chi connectivity index (χ3v) is 7.53. The van der Waals surface area contributed by atoms with E-state index >= 15 is 0 Å². The molecule has 0 fully saturated rings. The van der Waals surface area contributed by atoms with Crippen LogP contribution in [0.25, 0.3) is 10.2 Å². The summed E-state index contributed by atoms with van der Waals surface area (Å²) in [6.07, 6.45) is 3.24. The van der Waals surface area contributed by atoms with E-state index in [1.807, 2.05) is 72.8 Å². The van der Waals surface area contributed by atoms with E-state index in [9.17, 15) is 9.59 Å². The molecule has 0 aliphatic carbocycles. The highest BCUT2D eigenvalue weighted by atomic mass is 32.2. The largest absolute Gasteiger partial charge is 0.494 e. The lowest BCUT2D eigenvalue weighted by atomic mass is 10.1. The molecule has 6 nitrogen and oxygen atoms in total. The molecule has 2 amide bonds. The average molecular weight is 520 g/mol. The summed E-state index contributed by atoms with van der Waals surface area (Å²) < 4.78 is 7.44. The molecule has 0 saturated heterocycles. The number of amides is 2. The Bertz CT molecular complexity index is 1290. The first-order valence-electron chi connectivity index (χ1n) is 12.0. The minimum absolute atomic E-state index is 0.0189. The van der Waals surface area contributed by atoms with Crippen molar-refractivity contribution in [2.75, 3.05) is 23.0 Å². The van der Waals surface area contributed by atoms with Gasteiger partial charge in [0.15, 0.2) is 4.34 Å². The second-order valence-electron chi connectivity index (χ2n) is 8.26. The van der Waals surface area contributed by atoms with Crippen LogP contribution in [-0.4, -0.2) is 29.2 Å². The Kier molecular flexibility index (Phi) is 9.35. The summed E-state index contributed by atoms with van der Waals surface area (Å²) in [7, 11) is 0. The maximum absolute atomic E-state index is 12.4. The van der Waals surface area contributed by atoms with Crippen LogP contribution in [0.3, 0.4) is 0 Å². The molecule has 0 aliphatic heterocycles. The summed E-state index contributed by atoms with van der Waals surface area (Å²) in [4.78, 5) is 29.4. The molecule has 36 heavy (non-hydrogen) atoms. The molecule has 0 unspecified atom stereocenters. The van der Waals surface area contributed by atoms with Crippen molar-refractivity contribution in [3.05, 3.63) is 78.4 Å². The highest BCUT2D eigenvalue weighted by Crippen LogP contribution is 2.31. The smallest absolute Gasteiger partial charge is 0.234 e. The zero-order valence-electron chi connectivity index (χ0n) is 20.2. The number of ether oxygens (including phenoxy) is 1. The maximum atomic E-state index is 12.4. The van der Waals surface area contributed by atoms with Crippen molar-refractivity contribution in [2.24, 2.45) is 0 Å². The van der Waals surface area contributed by atoms with Crippen LogP contribution in [0.1, 0.15) is 31.7 Å². The first-order chi connectivity index (χ1) is 17.6. The van der Waals surface area contributed by atoms with Crippen LogP contribution in [0.5, 0.6) is 5.75 Å². The molecule has 1 heterocycles. The minimum Gasteiger partial charge on any atom is -0.494 e. The van der Waals surface area contributed by atoms with E-state index in [-0.39, 0.29) is 17.6 Å².